The van der Waals surface area contributed by atoms with E-state index >= 15 is 0 Å². The third-order valence-corrected chi connectivity index (χ3v) is 4.40. The Morgan fingerprint density at radius 1 is 1.09 bits per heavy atom. The largest absolute Gasteiger partial charge is 0.508 e. The Hall–Kier alpha value is -2.54. The van der Waals surface area contributed by atoms with Gasteiger partial charge in [-0.1, -0.05) is 0 Å². The maximum Gasteiger partial charge on any atom is 0.344 e. The van der Waals surface area contributed by atoms with E-state index in [0.29, 0.717) is 10.8 Å². The Morgan fingerprint density at radius 3 is 2.55 bits per heavy atom. The molecular formula is C15H12O6S. The highest BCUT2D eigenvalue weighted by Crippen LogP contribution is 2.28. The lowest BCUT2D eigenvalue weighted by atomic mass is 10.1. The zero-order valence-corrected chi connectivity index (χ0v) is 12.4. The highest BCUT2D eigenvalue weighted by atomic mass is 32.2. The molecule has 2 aromatic carbocycles. The smallest absolute Gasteiger partial charge is 0.344 e. The summed E-state index contributed by atoms with van der Waals surface area (Å²) >= 11 is 0. The maximum absolute atomic E-state index is 12.0. The number of benzene rings is 2. The van der Waals surface area contributed by atoms with Gasteiger partial charge in [-0.15, -0.1) is 0 Å². The van der Waals surface area contributed by atoms with Crippen LogP contribution < -0.4 is 9.81 Å². The van der Waals surface area contributed by atoms with E-state index in [4.69, 9.17) is 8.60 Å². The van der Waals surface area contributed by atoms with E-state index in [1.165, 1.54) is 31.2 Å². The summed E-state index contributed by atoms with van der Waals surface area (Å²) in [6.07, 6.45) is 0. The molecule has 0 radical (unpaired) electrons. The van der Waals surface area contributed by atoms with Crippen molar-refractivity contribution in [2.45, 2.75) is 6.92 Å². The fourth-order valence-corrected chi connectivity index (χ4v) is 2.67. The Bertz CT molecular complexity index is 1030. The van der Waals surface area contributed by atoms with Crippen molar-refractivity contribution < 1.29 is 22.1 Å². The molecule has 0 atom stereocenters. The molecule has 6 nitrogen and oxygen atoms in total. The minimum absolute atomic E-state index is 0.0341. The molecular weight excluding hydrogens is 308 g/mol. The monoisotopic (exact) mass is 320 g/mol. The van der Waals surface area contributed by atoms with Crippen LogP contribution in [0.1, 0.15) is 6.92 Å². The minimum Gasteiger partial charge on any atom is -0.508 e. The van der Waals surface area contributed by atoms with Gasteiger partial charge < -0.3 is 13.7 Å². The molecule has 22 heavy (non-hydrogen) atoms. The molecule has 0 aliphatic carbocycles. The molecule has 0 amide bonds. The molecule has 1 aromatic heterocycles. The van der Waals surface area contributed by atoms with Crippen molar-refractivity contribution in [1.82, 2.24) is 0 Å². The van der Waals surface area contributed by atoms with Gasteiger partial charge in [0.05, 0.1) is 11.1 Å². The van der Waals surface area contributed by atoms with Gasteiger partial charge in [-0.3, -0.25) is 0 Å². The number of hydrogen-bond donors (Lipinski definition) is 1. The molecule has 0 saturated heterocycles. The maximum atomic E-state index is 12.0. The summed E-state index contributed by atoms with van der Waals surface area (Å²) in [5.41, 5.74) is -0.402. The number of rotatable bonds is 3. The van der Waals surface area contributed by atoms with Crippen LogP contribution in [-0.2, 0) is 10.1 Å². The van der Waals surface area contributed by atoms with Crippen LogP contribution in [0.4, 0.5) is 0 Å². The van der Waals surface area contributed by atoms with Crippen molar-refractivity contribution in [2.75, 3.05) is 5.75 Å². The molecule has 3 aromatic rings. The van der Waals surface area contributed by atoms with Gasteiger partial charge in [-0.2, -0.15) is 8.42 Å². The van der Waals surface area contributed by atoms with Crippen molar-refractivity contribution in [1.29, 1.82) is 0 Å². The van der Waals surface area contributed by atoms with Gasteiger partial charge in [0.2, 0.25) is 0 Å². The van der Waals surface area contributed by atoms with Gasteiger partial charge in [-0.25, -0.2) is 4.79 Å². The van der Waals surface area contributed by atoms with Crippen LogP contribution in [0.15, 0.2) is 45.6 Å². The lowest BCUT2D eigenvalue weighted by Gasteiger charge is -2.07. The first kappa shape index (κ1) is 14.4. The lowest BCUT2D eigenvalue weighted by Crippen LogP contribution is -2.11. The lowest BCUT2D eigenvalue weighted by molar-refractivity contribution is 0.475. The van der Waals surface area contributed by atoms with E-state index in [0.717, 1.165) is 0 Å². The van der Waals surface area contributed by atoms with E-state index < -0.39 is 15.7 Å². The van der Waals surface area contributed by atoms with E-state index in [9.17, 15) is 18.3 Å². The van der Waals surface area contributed by atoms with Crippen LogP contribution >= 0.6 is 0 Å². The molecule has 0 bridgehead atoms. The van der Waals surface area contributed by atoms with Crippen LogP contribution in [0, 0.1) is 0 Å². The molecule has 1 N–H and O–H groups in total. The van der Waals surface area contributed by atoms with Crippen LogP contribution in [0.25, 0.3) is 21.7 Å². The molecule has 7 heteroatoms. The number of phenolic OH excluding ortho intramolecular Hbond substituents is 1. The predicted octanol–water partition coefficient (Wildman–Crippen LogP) is 2.38. The van der Waals surface area contributed by atoms with Crippen LogP contribution in [0.2, 0.25) is 0 Å². The zero-order chi connectivity index (χ0) is 15.9. The van der Waals surface area contributed by atoms with Gasteiger partial charge >= 0.3 is 15.7 Å². The molecule has 0 spiro atoms. The predicted molar refractivity (Wildman–Crippen MR) is 81.7 cm³/mol. The van der Waals surface area contributed by atoms with E-state index in [2.05, 4.69) is 0 Å². The number of aromatic hydroxyl groups is 1. The van der Waals surface area contributed by atoms with Crippen molar-refractivity contribution >= 4 is 31.9 Å². The topological polar surface area (TPSA) is 93.8 Å². The number of phenols is 1. The number of hydrogen-bond acceptors (Lipinski definition) is 6. The summed E-state index contributed by atoms with van der Waals surface area (Å²) in [6, 6.07) is 8.85. The first-order valence-corrected chi connectivity index (χ1v) is 8.09. The van der Waals surface area contributed by atoms with Gasteiger partial charge in [-0.05, 0) is 37.3 Å². The molecule has 0 unspecified atom stereocenters. The quantitative estimate of drug-likeness (QED) is 0.452. The third kappa shape index (κ3) is 2.50. The molecule has 1 heterocycles. The summed E-state index contributed by atoms with van der Waals surface area (Å²) in [5.74, 6) is -0.116. The summed E-state index contributed by atoms with van der Waals surface area (Å²) in [6.45, 7) is 1.47. The molecule has 0 aliphatic rings. The SMILES string of the molecule is CCS(=O)(=O)Oc1ccc2c(c1)oc(=O)c1cc(O)ccc12. The normalized spacial score (nSPS) is 11.9. The minimum atomic E-state index is -3.65. The molecule has 3 rings (SSSR count). The van der Waals surface area contributed by atoms with E-state index in [-0.39, 0.29) is 28.2 Å². The Kier molecular flexibility index (Phi) is 3.29. The highest BCUT2D eigenvalue weighted by molar-refractivity contribution is 7.87. The standard InChI is InChI=1S/C15H12O6S/c1-2-22(18,19)21-10-4-6-12-11-5-3-9(16)7-13(11)15(17)20-14(12)8-10/h3-8,16H,2H2,1H3. The van der Waals surface area contributed by atoms with Crippen LogP contribution in [-0.4, -0.2) is 19.3 Å². The van der Waals surface area contributed by atoms with Gasteiger partial charge in [0.15, 0.2) is 0 Å². The van der Waals surface area contributed by atoms with E-state index in [1.54, 1.807) is 12.1 Å². The van der Waals surface area contributed by atoms with E-state index in [1.807, 2.05) is 0 Å². The first-order valence-electron chi connectivity index (χ1n) is 6.51. The molecule has 0 aliphatic heterocycles. The number of fused-ring (bicyclic) bond motifs is 3. The molecule has 0 fully saturated rings. The van der Waals surface area contributed by atoms with Gasteiger partial charge in [0.1, 0.15) is 17.1 Å². The zero-order valence-electron chi connectivity index (χ0n) is 11.6. The fourth-order valence-electron chi connectivity index (χ4n) is 2.16. The van der Waals surface area contributed by atoms with Crippen molar-refractivity contribution in [3.63, 3.8) is 0 Å². The highest BCUT2D eigenvalue weighted by Gasteiger charge is 2.13. The second-order valence-electron chi connectivity index (χ2n) is 4.71. The fraction of sp³-hybridized carbons (Fsp3) is 0.133. The summed E-state index contributed by atoms with van der Waals surface area (Å²) < 4.78 is 33.0. The van der Waals surface area contributed by atoms with Gasteiger partial charge in [0.25, 0.3) is 0 Å². The van der Waals surface area contributed by atoms with Crippen LogP contribution in [0.5, 0.6) is 11.5 Å². The summed E-state index contributed by atoms with van der Waals surface area (Å²) in [7, 11) is -3.65. The van der Waals surface area contributed by atoms with Crippen LogP contribution in [0.3, 0.4) is 0 Å². The second kappa shape index (κ2) is 5.03. The molecule has 114 valence electrons. The Labute approximate surface area is 125 Å². The molecule has 0 saturated carbocycles. The summed E-state index contributed by atoms with van der Waals surface area (Å²) in [5, 5.41) is 10.9. The van der Waals surface area contributed by atoms with Gasteiger partial charge in [0, 0.05) is 16.8 Å². The summed E-state index contributed by atoms with van der Waals surface area (Å²) in [4.78, 5) is 12.0. The Morgan fingerprint density at radius 2 is 1.82 bits per heavy atom. The van der Waals surface area contributed by atoms with Crippen molar-refractivity contribution in [3.05, 3.63) is 46.8 Å². The Balaban J connectivity index is 2.24. The first-order chi connectivity index (χ1) is 10.4. The second-order valence-corrected chi connectivity index (χ2v) is 6.57. The third-order valence-electron chi connectivity index (χ3n) is 3.25. The van der Waals surface area contributed by atoms with Crippen molar-refractivity contribution in [2.24, 2.45) is 0 Å². The average Bonchev–Trinajstić information content (AvgIpc) is 2.47. The average molecular weight is 320 g/mol. The van der Waals surface area contributed by atoms with Crippen molar-refractivity contribution in [3.8, 4) is 11.5 Å².